The fraction of sp³-hybridized carbons (Fsp3) is 0.471. The van der Waals surface area contributed by atoms with Gasteiger partial charge in [0.25, 0.3) is 0 Å². The number of H-pyrrole nitrogens is 1. The summed E-state index contributed by atoms with van der Waals surface area (Å²) in [6, 6.07) is 7.88. The lowest BCUT2D eigenvalue weighted by Crippen LogP contribution is -2.40. The van der Waals surface area contributed by atoms with Crippen LogP contribution in [-0.4, -0.2) is 48.6 Å². The summed E-state index contributed by atoms with van der Waals surface area (Å²) in [7, 11) is 1.61. The molecule has 1 fully saturated rings. The van der Waals surface area contributed by atoms with E-state index in [1.165, 1.54) is 0 Å². The van der Waals surface area contributed by atoms with Gasteiger partial charge in [0.05, 0.1) is 11.8 Å². The number of fused-ring (bicyclic) bond motifs is 1. The fourth-order valence-electron chi connectivity index (χ4n) is 3.32. The molecule has 7 heteroatoms. The molecule has 0 bridgehead atoms. The third kappa shape index (κ3) is 3.56. The quantitative estimate of drug-likeness (QED) is 0.899. The lowest BCUT2D eigenvalue weighted by Gasteiger charge is -2.20. The van der Waals surface area contributed by atoms with Crippen molar-refractivity contribution in [3.8, 4) is 0 Å². The summed E-state index contributed by atoms with van der Waals surface area (Å²) < 4.78 is 39.1. The number of carbonyl (C=O) groups is 1. The molecule has 2 heterocycles. The number of nitrogens with zero attached hydrogens (tertiary/aromatic N) is 1. The Morgan fingerprint density at radius 1 is 1.33 bits per heavy atom. The van der Waals surface area contributed by atoms with Gasteiger partial charge in [-0.3, -0.25) is 4.79 Å². The van der Waals surface area contributed by atoms with Crippen LogP contribution in [0.1, 0.15) is 5.56 Å². The van der Waals surface area contributed by atoms with Crippen LogP contribution in [0.15, 0.2) is 30.5 Å². The predicted molar refractivity (Wildman–Crippen MR) is 85.5 cm³/mol. The van der Waals surface area contributed by atoms with Crippen LogP contribution in [0.4, 0.5) is 13.2 Å². The second kappa shape index (κ2) is 6.47. The summed E-state index contributed by atoms with van der Waals surface area (Å²) in [5.74, 6) is -3.12. The fourth-order valence-corrected chi connectivity index (χ4v) is 3.32. The highest BCUT2D eigenvalue weighted by Crippen LogP contribution is 2.37. The molecule has 2 aromatic rings. The molecule has 2 atom stereocenters. The second-order valence-corrected chi connectivity index (χ2v) is 6.42. The van der Waals surface area contributed by atoms with Gasteiger partial charge >= 0.3 is 6.18 Å². The maximum atomic E-state index is 13.0. The highest BCUT2D eigenvalue weighted by molar-refractivity contribution is 5.80. The molecule has 130 valence electrons. The molecule has 0 saturated carbocycles. The summed E-state index contributed by atoms with van der Waals surface area (Å²) >= 11 is 0. The molecule has 1 aromatic heterocycles. The van der Waals surface area contributed by atoms with Gasteiger partial charge < -0.3 is 15.2 Å². The number of rotatable bonds is 4. The van der Waals surface area contributed by atoms with Crippen molar-refractivity contribution in [2.45, 2.75) is 12.6 Å². The number of nitrogens with one attached hydrogen (secondary N) is 2. The molecule has 4 nitrogen and oxygen atoms in total. The van der Waals surface area contributed by atoms with Gasteiger partial charge in [-0.05, 0) is 42.6 Å². The molecule has 1 aromatic carbocycles. The number of aromatic amines is 1. The first kappa shape index (κ1) is 16.8. The number of carbonyl (C=O) groups excluding carboxylic acids is 1. The van der Waals surface area contributed by atoms with Crippen LogP contribution in [0, 0.1) is 11.8 Å². The summed E-state index contributed by atoms with van der Waals surface area (Å²) in [5, 5.41) is 3.74. The van der Waals surface area contributed by atoms with Crippen LogP contribution in [0.25, 0.3) is 10.9 Å². The molecular formula is C17H20F3N3O. The van der Waals surface area contributed by atoms with Crippen molar-refractivity contribution in [2.24, 2.45) is 11.8 Å². The van der Waals surface area contributed by atoms with Crippen LogP contribution in [0.2, 0.25) is 0 Å². The topological polar surface area (TPSA) is 48.1 Å². The van der Waals surface area contributed by atoms with Gasteiger partial charge in [-0.2, -0.15) is 13.2 Å². The van der Waals surface area contributed by atoms with Gasteiger partial charge in [0.1, 0.15) is 0 Å². The number of hydrogen-bond acceptors (Lipinski definition) is 2. The number of alkyl halides is 3. The smallest absolute Gasteiger partial charge is 0.361 e. The standard InChI is InChI=1S/C17H20F3N3O/c1-23-9-13(14(10-23)17(18,19)20)16(24)22-6-4-11-2-3-15-12(8-11)5-7-21-15/h2-3,5,7-8,13-14,21H,4,6,9-10H2,1H3,(H,22,24)/t13-,14-/m1/s1. The number of likely N-dealkylation sites (tertiary alicyclic amines) is 1. The molecular weight excluding hydrogens is 319 g/mol. The van der Waals surface area contributed by atoms with E-state index in [4.69, 9.17) is 0 Å². The third-order valence-corrected chi connectivity index (χ3v) is 4.59. The van der Waals surface area contributed by atoms with Crippen molar-refractivity contribution in [1.29, 1.82) is 0 Å². The Morgan fingerprint density at radius 3 is 2.88 bits per heavy atom. The molecule has 0 radical (unpaired) electrons. The van der Waals surface area contributed by atoms with Crippen molar-refractivity contribution >= 4 is 16.8 Å². The monoisotopic (exact) mass is 339 g/mol. The molecule has 2 N–H and O–H groups in total. The highest BCUT2D eigenvalue weighted by Gasteiger charge is 2.51. The molecule has 1 saturated heterocycles. The van der Waals surface area contributed by atoms with Gasteiger partial charge in [-0.25, -0.2) is 0 Å². The third-order valence-electron chi connectivity index (χ3n) is 4.59. The van der Waals surface area contributed by atoms with E-state index in [1.54, 1.807) is 11.9 Å². The second-order valence-electron chi connectivity index (χ2n) is 6.42. The largest absolute Gasteiger partial charge is 0.393 e. The SMILES string of the molecule is CN1C[C@@H](C(F)(F)F)[C@H](C(=O)NCCc2ccc3[nH]ccc3c2)C1. The van der Waals surface area contributed by atoms with E-state index in [0.717, 1.165) is 16.5 Å². The average Bonchev–Trinajstić information content (AvgIpc) is 3.12. The first-order chi connectivity index (χ1) is 11.3. The van der Waals surface area contributed by atoms with E-state index >= 15 is 0 Å². The Labute approximate surface area is 138 Å². The lowest BCUT2D eigenvalue weighted by molar-refractivity contribution is -0.183. The van der Waals surface area contributed by atoms with Crippen molar-refractivity contribution in [3.63, 3.8) is 0 Å². The zero-order chi connectivity index (χ0) is 17.3. The Morgan fingerprint density at radius 2 is 2.12 bits per heavy atom. The molecule has 1 amide bonds. The van der Waals surface area contributed by atoms with Gasteiger partial charge in [0.15, 0.2) is 0 Å². The molecule has 3 rings (SSSR count). The first-order valence-corrected chi connectivity index (χ1v) is 7.93. The van der Waals surface area contributed by atoms with E-state index in [2.05, 4.69) is 10.3 Å². The van der Waals surface area contributed by atoms with E-state index in [-0.39, 0.29) is 13.1 Å². The number of amides is 1. The zero-order valence-electron chi connectivity index (χ0n) is 13.4. The van der Waals surface area contributed by atoms with Gasteiger partial charge in [-0.15, -0.1) is 0 Å². The maximum Gasteiger partial charge on any atom is 0.393 e. The van der Waals surface area contributed by atoms with Crippen molar-refractivity contribution in [1.82, 2.24) is 15.2 Å². The Balaban J connectivity index is 1.56. The molecule has 0 spiro atoms. The Hall–Kier alpha value is -2.02. The van der Waals surface area contributed by atoms with Crippen LogP contribution in [-0.2, 0) is 11.2 Å². The molecule has 1 aliphatic heterocycles. The van der Waals surface area contributed by atoms with Gasteiger partial charge in [0, 0.05) is 31.3 Å². The van der Waals surface area contributed by atoms with Gasteiger partial charge in [-0.1, -0.05) is 6.07 Å². The van der Waals surface area contributed by atoms with E-state index < -0.39 is 23.9 Å². The van der Waals surface area contributed by atoms with Crippen LogP contribution >= 0.6 is 0 Å². The van der Waals surface area contributed by atoms with Crippen molar-refractivity contribution in [2.75, 3.05) is 26.7 Å². The summed E-state index contributed by atoms with van der Waals surface area (Å²) in [6.45, 7) is 0.358. The number of halogens is 3. The van der Waals surface area contributed by atoms with Crippen LogP contribution < -0.4 is 5.32 Å². The summed E-state index contributed by atoms with van der Waals surface area (Å²) in [4.78, 5) is 16.8. The summed E-state index contributed by atoms with van der Waals surface area (Å²) in [6.07, 6.45) is -1.90. The van der Waals surface area contributed by atoms with E-state index in [1.807, 2.05) is 30.5 Å². The Bertz CT molecular complexity index is 725. The molecule has 1 aliphatic rings. The summed E-state index contributed by atoms with van der Waals surface area (Å²) in [5.41, 5.74) is 2.07. The first-order valence-electron chi connectivity index (χ1n) is 7.93. The highest BCUT2D eigenvalue weighted by atomic mass is 19.4. The molecule has 0 aliphatic carbocycles. The van der Waals surface area contributed by atoms with E-state index in [9.17, 15) is 18.0 Å². The van der Waals surface area contributed by atoms with Crippen LogP contribution in [0.3, 0.4) is 0 Å². The minimum absolute atomic E-state index is 0.119. The minimum Gasteiger partial charge on any atom is -0.361 e. The zero-order valence-corrected chi connectivity index (χ0v) is 13.4. The lowest BCUT2D eigenvalue weighted by atomic mass is 9.94. The normalized spacial score (nSPS) is 22.2. The van der Waals surface area contributed by atoms with Gasteiger partial charge in [0.2, 0.25) is 5.91 Å². The Kier molecular flexibility index (Phi) is 4.54. The molecule has 0 unspecified atom stereocenters. The average molecular weight is 339 g/mol. The number of hydrogen-bond donors (Lipinski definition) is 2. The van der Waals surface area contributed by atoms with Crippen molar-refractivity contribution in [3.05, 3.63) is 36.0 Å². The van der Waals surface area contributed by atoms with Crippen molar-refractivity contribution < 1.29 is 18.0 Å². The minimum atomic E-state index is -4.34. The molecule has 24 heavy (non-hydrogen) atoms. The van der Waals surface area contributed by atoms with Crippen LogP contribution in [0.5, 0.6) is 0 Å². The predicted octanol–water partition coefficient (Wildman–Crippen LogP) is 2.57. The maximum absolute atomic E-state index is 13.0. The van der Waals surface area contributed by atoms with E-state index in [0.29, 0.717) is 13.0 Å². The number of aromatic nitrogens is 1. The number of benzene rings is 1.